The third-order valence-electron chi connectivity index (χ3n) is 4.29. The quantitative estimate of drug-likeness (QED) is 0.891. The van der Waals surface area contributed by atoms with Crippen LogP contribution in [0.1, 0.15) is 42.8 Å². The third-order valence-corrected chi connectivity index (χ3v) is 5.11. The molecule has 1 aliphatic carbocycles. The zero-order valence-corrected chi connectivity index (χ0v) is 12.1. The summed E-state index contributed by atoms with van der Waals surface area (Å²) in [5.41, 5.74) is 1.68. The molecule has 1 spiro atoms. The minimum Gasteiger partial charge on any atom is -0.310 e. The Kier molecular flexibility index (Phi) is 3.68. The van der Waals surface area contributed by atoms with Crippen LogP contribution in [0.15, 0.2) is 5.38 Å². The Balaban J connectivity index is 1.67. The highest BCUT2D eigenvalue weighted by molar-refractivity contribution is 7.09. The minimum atomic E-state index is 0.418. The highest BCUT2D eigenvalue weighted by Crippen LogP contribution is 2.32. The predicted octanol–water partition coefficient (Wildman–Crippen LogP) is 2.56. The molecule has 0 amide bonds. The van der Waals surface area contributed by atoms with Gasteiger partial charge in [-0.15, -0.1) is 11.3 Å². The van der Waals surface area contributed by atoms with E-state index in [2.05, 4.69) is 27.5 Å². The summed E-state index contributed by atoms with van der Waals surface area (Å²) in [6.45, 7) is 6.74. The van der Waals surface area contributed by atoms with Gasteiger partial charge in [0.05, 0.1) is 10.7 Å². The number of nitrogens with one attached hydrogen (secondary N) is 1. The van der Waals surface area contributed by atoms with Crippen molar-refractivity contribution in [2.75, 3.05) is 19.6 Å². The summed E-state index contributed by atoms with van der Waals surface area (Å²) in [4.78, 5) is 7.22. The second-order valence-electron chi connectivity index (χ2n) is 5.84. The van der Waals surface area contributed by atoms with Gasteiger partial charge >= 0.3 is 0 Å². The Morgan fingerprint density at radius 3 is 2.94 bits per heavy atom. The van der Waals surface area contributed by atoms with Crippen LogP contribution < -0.4 is 5.32 Å². The van der Waals surface area contributed by atoms with Gasteiger partial charge in [-0.05, 0) is 39.3 Å². The molecule has 0 bridgehead atoms. The van der Waals surface area contributed by atoms with Crippen LogP contribution in [0.2, 0.25) is 0 Å². The topological polar surface area (TPSA) is 28.2 Å². The molecule has 0 radical (unpaired) electrons. The Labute approximate surface area is 114 Å². The van der Waals surface area contributed by atoms with Gasteiger partial charge in [-0.2, -0.15) is 0 Å². The lowest BCUT2D eigenvalue weighted by Crippen LogP contribution is -2.49. The molecule has 3 nitrogen and oxygen atoms in total. The van der Waals surface area contributed by atoms with E-state index in [9.17, 15) is 0 Å². The fourth-order valence-corrected chi connectivity index (χ4v) is 4.05. The van der Waals surface area contributed by atoms with Crippen molar-refractivity contribution in [1.82, 2.24) is 15.2 Å². The van der Waals surface area contributed by atoms with E-state index in [-0.39, 0.29) is 0 Å². The maximum absolute atomic E-state index is 4.61. The number of nitrogens with zero attached hydrogens (tertiary/aromatic N) is 2. The molecule has 2 fully saturated rings. The van der Waals surface area contributed by atoms with E-state index in [4.69, 9.17) is 0 Å². The minimum absolute atomic E-state index is 0.418. The van der Waals surface area contributed by atoms with Crippen LogP contribution in [0, 0.1) is 6.92 Å². The summed E-state index contributed by atoms with van der Waals surface area (Å²) >= 11 is 1.77. The first kappa shape index (κ1) is 12.6. The molecule has 18 heavy (non-hydrogen) atoms. The Bertz CT molecular complexity index is 395. The van der Waals surface area contributed by atoms with Crippen LogP contribution in [0.3, 0.4) is 0 Å². The molecule has 1 saturated heterocycles. The molecule has 0 aromatic carbocycles. The predicted molar refractivity (Wildman–Crippen MR) is 75.9 cm³/mol. The molecule has 1 aliphatic heterocycles. The van der Waals surface area contributed by atoms with Gasteiger partial charge in [0.1, 0.15) is 0 Å². The lowest BCUT2D eigenvalue weighted by molar-refractivity contribution is 0.202. The number of hydrogen-bond acceptors (Lipinski definition) is 4. The van der Waals surface area contributed by atoms with Crippen molar-refractivity contribution in [1.29, 1.82) is 0 Å². The Morgan fingerprint density at radius 2 is 2.22 bits per heavy atom. The monoisotopic (exact) mass is 265 g/mol. The normalized spacial score (nSPS) is 24.5. The standard InChI is InChI=1S/C14H23N3S/c1-12-16-13(10-18-12)9-17-8-4-7-15-14(11-17)5-2-3-6-14/h10,15H,2-9,11H2,1H3. The lowest BCUT2D eigenvalue weighted by atomic mass is 9.97. The van der Waals surface area contributed by atoms with E-state index in [0.29, 0.717) is 5.54 Å². The zero-order valence-electron chi connectivity index (χ0n) is 11.2. The van der Waals surface area contributed by atoms with Crippen molar-refractivity contribution >= 4 is 11.3 Å². The fourth-order valence-electron chi connectivity index (χ4n) is 3.45. The molecule has 100 valence electrons. The summed E-state index contributed by atoms with van der Waals surface area (Å²) in [5.74, 6) is 0. The largest absolute Gasteiger partial charge is 0.310 e. The smallest absolute Gasteiger partial charge is 0.0897 e. The van der Waals surface area contributed by atoms with Gasteiger partial charge in [-0.1, -0.05) is 12.8 Å². The van der Waals surface area contributed by atoms with E-state index in [1.807, 2.05) is 0 Å². The Morgan fingerprint density at radius 1 is 1.39 bits per heavy atom. The van der Waals surface area contributed by atoms with Crippen LogP contribution in [0.4, 0.5) is 0 Å². The summed E-state index contributed by atoms with van der Waals surface area (Å²) < 4.78 is 0. The zero-order chi connectivity index (χ0) is 12.4. The van der Waals surface area contributed by atoms with Crippen molar-refractivity contribution in [3.05, 3.63) is 16.1 Å². The Hall–Kier alpha value is -0.450. The first-order valence-electron chi connectivity index (χ1n) is 7.14. The molecule has 2 aliphatic rings. The van der Waals surface area contributed by atoms with Crippen LogP contribution in [-0.4, -0.2) is 35.1 Å². The second-order valence-corrected chi connectivity index (χ2v) is 6.90. The molecule has 0 unspecified atom stereocenters. The molecule has 1 aromatic heterocycles. The van der Waals surface area contributed by atoms with Gasteiger partial charge in [0.25, 0.3) is 0 Å². The molecular formula is C14H23N3S. The number of hydrogen-bond donors (Lipinski definition) is 1. The molecule has 2 heterocycles. The molecule has 1 N–H and O–H groups in total. The van der Waals surface area contributed by atoms with Crippen LogP contribution in [-0.2, 0) is 6.54 Å². The fraction of sp³-hybridized carbons (Fsp3) is 0.786. The molecule has 1 saturated carbocycles. The van der Waals surface area contributed by atoms with Gasteiger partial charge in [-0.25, -0.2) is 4.98 Å². The number of aromatic nitrogens is 1. The van der Waals surface area contributed by atoms with Crippen LogP contribution in [0.5, 0.6) is 0 Å². The first-order chi connectivity index (χ1) is 8.76. The van der Waals surface area contributed by atoms with E-state index in [0.717, 1.165) is 6.54 Å². The van der Waals surface area contributed by atoms with Gasteiger partial charge in [0, 0.05) is 24.0 Å². The van der Waals surface area contributed by atoms with Crippen molar-refractivity contribution in [3.8, 4) is 0 Å². The van der Waals surface area contributed by atoms with Crippen molar-refractivity contribution in [2.24, 2.45) is 0 Å². The van der Waals surface area contributed by atoms with Crippen molar-refractivity contribution in [3.63, 3.8) is 0 Å². The van der Waals surface area contributed by atoms with Crippen LogP contribution >= 0.6 is 11.3 Å². The van der Waals surface area contributed by atoms with E-state index >= 15 is 0 Å². The lowest BCUT2D eigenvalue weighted by Gasteiger charge is -2.33. The highest BCUT2D eigenvalue weighted by Gasteiger charge is 2.36. The summed E-state index contributed by atoms with van der Waals surface area (Å²) in [7, 11) is 0. The first-order valence-corrected chi connectivity index (χ1v) is 8.02. The summed E-state index contributed by atoms with van der Waals surface area (Å²) in [6, 6.07) is 0. The average Bonchev–Trinajstić information content (AvgIpc) is 2.89. The van der Waals surface area contributed by atoms with E-state index < -0.39 is 0 Å². The molecule has 4 heteroatoms. The van der Waals surface area contributed by atoms with E-state index in [1.165, 1.54) is 62.4 Å². The average molecular weight is 265 g/mol. The second kappa shape index (κ2) is 5.27. The van der Waals surface area contributed by atoms with Crippen molar-refractivity contribution < 1.29 is 0 Å². The maximum atomic E-state index is 4.61. The van der Waals surface area contributed by atoms with E-state index in [1.54, 1.807) is 11.3 Å². The van der Waals surface area contributed by atoms with Crippen LogP contribution in [0.25, 0.3) is 0 Å². The number of thiazole rings is 1. The molecular weight excluding hydrogens is 242 g/mol. The molecule has 1 aromatic rings. The summed E-state index contributed by atoms with van der Waals surface area (Å²) in [6.07, 6.45) is 6.79. The maximum Gasteiger partial charge on any atom is 0.0897 e. The summed E-state index contributed by atoms with van der Waals surface area (Å²) in [5, 5.41) is 7.22. The van der Waals surface area contributed by atoms with Gasteiger partial charge in [0.15, 0.2) is 0 Å². The molecule has 3 rings (SSSR count). The van der Waals surface area contributed by atoms with Gasteiger partial charge in [0.2, 0.25) is 0 Å². The van der Waals surface area contributed by atoms with Gasteiger partial charge < -0.3 is 5.32 Å². The van der Waals surface area contributed by atoms with Gasteiger partial charge in [-0.3, -0.25) is 4.90 Å². The number of rotatable bonds is 2. The highest BCUT2D eigenvalue weighted by atomic mass is 32.1. The number of aryl methyl sites for hydroxylation is 1. The van der Waals surface area contributed by atoms with Crippen molar-refractivity contribution in [2.45, 2.75) is 51.1 Å². The SMILES string of the molecule is Cc1nc(CN2CCCNC3(CCCC3)C2)cs1. The molecule has 0 atom stereocenters. The third kappa shape index (κ3) is 2.76.